The zero-order valence-corrected chi connectivity index (χ0v) is 11.2. The molecule has 1 N–H and O–H groups in total. The summed E-state index contributed by atoms with van der Waals surface area (Å²) in [7, 11) is 3.91. The normalized spacial score (nSPS) is 12.7. The maximum atomic E-state index is 4.49. The van der Waals surface area contributed by atoms with Crippen molar-refractivity contribution in [2.75, 3.05) is 7.05 Å². The van der Waals surface area contributed by atoms with Crippen molar-refractivity contribution >= 4 is 10.8 Å². The Morgan fingerprint density at radius 3 is 2.53 bits per heavy atom. The molecule has 2 aromatic carbocycles. The standard InChI is InChI=1S/C16H17N3/c1-17-16(15-9-10-19(2)18-15)14-8-7-12-5-3-4-6-13(12)11-14/h3-11,16-17H,1-2H3. The average molecular weight is 251 g/mol. The summed E-state index contributed by atoms with van der Waals surface area (Å²) in [5.41, 5.74) is 2.28. The van der Waals surface area contributed by atoms with Gasteiger partial charge in [-0.3, -0.25) is 4.68 Å². The molecule has 1 atom stereocenters. The molecule has 0 bridgehead atoms. The van der Waals surface area contributed by atoms with E-state index in [4.69, 9.17) is 0 Å². The second kappa shape index (κ2) is 4.86. The molecule has 3 rings (SSSR count). The van der Waals surface area contributed by atoms with Gasteiger partial charge in [0.1, 0.15) is 0 Å². The fraction of sp³-hybridized carbons (Fsp3) is 0.188. The molecule has 0 fully saturated rings. The summed E-state index contributed by atoms with van der Waals surface area (Å²) < 4.78 is 1.83. The molecule has 3 nitrogen and oxygen atoms in total. The van der Waals surface area contributed by atoms with Crippen LogP contribution in [0.1, 0.15) is 17.3 Å². The maximum absolute atomic E-state index is 4.49. The molecule has 0 radical (unpaired) electrons. The van der Waals surface area contributed by atoms with Crippen molar-refractivity contribution < 1.29 is 0 Å². The first kappa shape index (κ1) is 11.9. The lowest BCUT2D eigenvalue weighted by Gasteiger charge is -2.15. The SMILES string of the molecule is CNC(c1ccc2ccccc2c1)c1ccn(C)n1. The Balaban J connectivity index is 2.06. The minimum absolute atomic E-state index is 0.130. The summed E-state index contributed by atoms with van der Waals surface area (Å²) >= 11 is 0. The van der Waals surface area contributed by atoms with E-state index in [0.29, 0.717) is 0 Å². The van der Waals surface area contributed by atoms with Gasteiger partial charge in [-0.25, -0.2) is 0 Å². The zero-order chi connectivity index (χ0) is 13.2. The van der Waals surface area contributed by atoms with E-state index in [1.807, 2.05) is 25.0 Å². The largest absolute Gasteiger partial charge is 0.308 e. The van der Waals surface area contributed by atoms with Gasteiger partial charge in [0, 0.05) is 13.2 Å². The van der Waals surface area contributed by atoms with Gasteiger partial charge in [0.2, 0.25) is 0 Å². The summed E-state index contributed by atoms with van der Waals surface area (Å²) in [5.74, 6) is 0. The molecule has 0 saturated carbocycles. The van der Waals surface area contributed by atoms with Crippen LogP contribution >= 0.6 is 0 Å². The molecular formula is C16H17N3. The molecule has 0 spiro atoms. The van der Waals surface area contributed by atoms with E-state index < -0.39 is 0 Å². The number of hydrogen-bond acceptors (Lipinski definition) is 2. The average Bonchev–Trinajstić information content (AvgIpc) is 2.86. The molecular weight excluding hydrogens is 234 g/mol. The van der Waals surface area contributed by atoms with Crippen molar-refractivity contribution in [1.29, 1.82) is 0 Å². The number of nitrogens with zero attached hydrogens (tertiary/aromatic N) is 2. The molecule has 0 aliphatic rings. The third-order valence-electron chi connectivity index (χ3n) is 3.43. The van der Waals surface area contributed by atoms with Crippen LogP contribution in [0.2, 0.25) is 0 Å². The molecule has 3 heteroatoms. The summed E-state index contributed by atoms with van der Waals surface area (Å²) in [4.78, 5) is 0. The summed E-state index contributed by atoms with van der Waals surface area (Å²) in [6.45, 7) is 0. The second-order valence-corrected chi connectivity index (χ2v) is 4.74. The van der Waals surface area contributed by atoms with Gasteiger partial charge in [0.15, 0.2) is 0 Å². The highest BCUT2D eigenvalue weighted by Crippen LogP contribution is 2.24. The van der Waals surface area contributed by atoms with Gasteiger partial charge in [-0.2, -0.15) is 5.10 Å². The van der Waals surface area contributed by atoms with E-state index in [1.165, 1.54) is 16.3 Å². The maximum Gasteiger partial charge on any atom is 0.0839 e. The minimum atomic E-state index is 0.130. The van der Waals surface area contributed by atoms with Crippen LogP contribution < -0.4 is 5.32 Å². The Bertz CT molecular complexity index is 700. The fourth-order valence-electron chi connectivity index (χ4n) is 2.46. The predicted molar refractivity (Wildman–Crippen MR) is 78.1 cm³/mol. The first-order valence-corrected chi connectivity index (χ1v) is 6.43. The molecule has 3 aromatic rings. The van der Waals surface area contributed by atoms with Gasteiger partial charge >= 0.3 is 0 Å². The van der Waals surface area contributed by atoms with Crippen LogP contribution in [0.25, 0.3) is 10.8 Å². The van der Waals surface area contributed by atoms with E-state index in [0.717, 1.165) is 5.69 Å². The van der Waals surface area contributed by atoms with Crippen LogP contribution in [0.3, 0.4) is 0 Å². The Labute approximate surface area is 112 Å². The third-order valence-corrected chi connectivity index (χ3v) is 3.43. The molecule has 0 amide bonds. The lowest BCUT2D eigenvalue weighted by Crippen LogP contribution is -2.18. The van der Waals surface area contributed by atoms with Gasteiger partial charge in [-0.05, 0) is 35.5 Å². The van der Waals surface area contributed by atoms with Crippen LogP contribution in [0.5, 0.6) is 0 Å². The van der Waals surface area contributed by atoms with Gasteiger partial charge in [-0.1, -0.05) is 36.4 Å². The number of rotatable bonds is 3. The van der Waals surface area contributed by atoms with Crippen molar-refractivity contribution in [1.82, 2.24) is 15.1 Å². The van der Waals surface area contributed by atoms with Crippen molar-refractivity contribution in [3.63, 3.8) is 0 Å². The Kier molecular flexibility index (Phi) is 3.05. The van der Waals surface area contributed by atoms with E-state index >= 15 is 0 Å². The fourth-order valence-corrected chi connectivity index (χ4v) is 2.46. The molecule has 1 unspecified atom stereocenters. The molecule has 19 heavy (non-hydrogen) atoms. The molecule has 1 heterocycles. The minimum Gasteiger partial charge on any atom is -0.308 e. The number of fused-ring (bicyclic) bond motifs is 1. The smallest absolute Gasteiger partial charge is 0.0839 e. The summed E-state index contributed by atoms with van der Waals surface area (Å²) in [6, 6.07) is 17.2. The van der Waals surface area contributed by atoms with Crippen molar-refractivity contribution in [3.8, 4) is 0 Å². The van der Waals surface area contributed by atoms with E-state index in [9.17, 15) is 0 Å². The summed E-state index contributed by atoms with van der Waals surface area (Å²) in [5, 5.41) is 10.4. The quantitative estimate of drug-likeness (QED) is 0.775. The monoisotopic (exact) mass is 251 g/mol. The lowest BCUT2D eigenvalue weighted by atomic mass is 10.00. The first-order chi connectivity index (χ1) is 9.28. The number of aryl methyl sites for hydroxylation is 1. The van der Waals surface area contributed by atoms with Crippen molar-refractivity contribution in [3.05, 3.63) is 66.0 Å². The Hall–Kier alpha value is -2.13. The van der Waals surface area contributed by atoms with Gasteiger partial charge in [0.05, 0.1) is 11.7 Å². The van der Waals surface area contributed by atoms with Crippen molar-refractivity contribution in [2.24, 2.45) is 7.05 Å². The van der Waals surface area contributed by atoms with Crippen LogP contribution in [-0.2, 0) is 7.05 Å². The Morgan fingerprint density at radius 1 is 1.05 bits per heavy atom. The zero-order valence-electron chi connectivity index (χ0n) is 11.2. The topological polar surface area (TPSA) is 29.9 Å². The molecule has 96 valence electrons. The number of benzene rings is 2. The molecule has 0 aliphatic carbocycles. The van der Waals surface area contributed by atoms with E-state index in [1.54, 1.807) is 0 Å². The van der Waals surface area contributed by atoms with Gasteiger partial charge < -0.3 is 5.32 Å². The van der Waals surface area contributed by atoms with Gasteiger partial charge in [0.25, 0.3) is 0 Å². The highest BCUT2D eigenvalue weighted by molar-refractivity contribution is 5.83. The Morgan fingerprint density at radius 2 is 1.84 bits per heavy atom. The van der Waals surface area contributed by atoms with Crippen LogP contribution in [0.15, 0.2) is 54.7 Å². The molecule has 0 saturated heterocycles. The third kappa shape index (κ3) is 2.25. The number of hydrogen-bond donors (Lipinski definition) is 1. The second-order valence-electron chi connectivity index (χ2n) is 4.74. The number of aromatic nitrogens is 2. The lowest BCUT2D eigenvalue weighted by molar-refractivity contribution is 0.642. The summed E-state index contributed by atoms with van der Waals surface area (Å²) in [6.07, 6.45) is 1.97. The van der Waals surface area contributed by atoms with E-state index in [-0.39, 0.29) is 6.04 Å². The first-order valence-electron chi connectivity index (χ1n) is 6.43. The molecule has 1 aromatic heterocycles. The number of nitrogens with one attached hydrogen (secondary N) is 1. The highest BCUT2D eigenvalue weighted by atomic mass is 15.3. The molecule has 0 aliphatic heterocycles. The van der Waals surface area contributed by atoms with Crippen molar-refractivity contribution in [2.45, 2.75) is 6.04 Å². The predicted octanol–water partition coefficient (Wildman–Crippen LogP) is 2.88. The van der Waals surface area contributed by atoms with E-state index in [2.05, 4.69) is 58.9 Å². The highest BCUT2D eigenvalue weighted by Gasteiger charge is 2.14. The van der Waals surface area contributed by atoms with Gasteiger partial charge in [-0.15, -0.1) is 0 Å². The van der Waals surface area contributed by atoms with Crippen LogP contribution in [-0.4, -0.2) is 16.8 Å². The van der Waals surface area contributed by atoms with Crippen LogP contribution in [0.4, 0.5) is 0 Å². The van der Waals surface area contributed by atoms with Crippen LogP contribution in [0, 0.1) is 0 Å².